The Balaban J connectivity index is 2.07. The van der Waals surface area contributed by atoms with Crippen molar-refractivity contribution in [2.24, 2.45) is 0 Å². The molecule has 0 atom stereocenters. The summed E-state index contributed by atoms with van der Waals surface area (Å²) >= 11 is 1.29. The molecule has 3 aromatic rings. The maximum Gasteiger partial charge on any atom is 0.215 e. The average Bonchev–Trinajstić information content (AvgIpc) is 2.97. The SMILES string of the molecule is CCOc1ccc2[nH]c(-c3cnns3)nc2n1. The lowest BCUT2D eigenvalue weighted by molar-refractivity contribution is 0.328. The first kappa shape index (κ1) is 10.2. The van der Waals surface area contributed by atoms with Gasteiger partial charge in [-0.15, -0.1) is 5.10 Å². The van der Waals surface area contributed by atoms with Crippen molar-refractivity contribution in [1.82, 2.24) is 24.5 Å². The van der Waals surface area contributed by atoms with E-state index >= 15 is 0 Å². The van der Waals surface area contributed by atoms with E-state index in [1.54, 1.807) is 6.20 Å². The van der Waals surface area contributed by atoms with Crippen LogP contribution in [-0.4, -0.2) is 31.1 Å². The van der Waals surface area contributed by atoms with Gasteiger partial charge < -0.3 is 9.72 Å². The monoisotopic (exact) mass is 247 g/mol. The van der Waals surface area contributed by atoms with Gasteiger partial charge in [0, 0.05) is 6.07 Å². The smallest absolute Gasteiger partial charge is 0.215 e. The first-order chi connectivity index (χ1) is 8.36. The minimum atomic E-state index is 0.584. The Kier molecular flexibility index (Phi) is 2.45. The van der Waals surface area contributed by atoms with E-state index in [9.17, 15) is 0 Å². The zero-order chi connectivity index (χ0) is 11.7. The summed E-state index contributed by atoms with van der Waals surface area (Å²) in [4.78, 5) is 12.7. The van der Waals surface area contributed by atoms with Gasteiger partial charge in [-0.05, 0) is 24.5 Å². The topological polar surface area (TPSA) is 76.6 Å². The van der Waals surface area contributed by atoms with E-state index in [0.717, 1.165) is 16.2 Å². The number of hydrogen-bond donors (Lipinski definition) is 1. The van der Waals surface area contributed by atoms with Gasteiger partial charge in [0.2, 0.25) is 5.88 Å². The predicted octanol–water partition coefficient (Wildman–Crippen LogP) is 1.88. The first-order valence-electron chi connectivity index (χ1n) is 5.14. The molecule has 0 aromatic carbocycles. The van der Waals surface area contributed by atoms with Crippen LogP contribution in [0.5, 0.6) is 5.88 Å². The molecular formula is C10H9N5OS. The standard InChI is InChI=1S/C10H9N5OS/c1-2-16-8-4-3-6-9(13-8)14-10(12-6)7-5-11-15-17-7/h3-5H,2H2,1H3,(H,12,13,14). The Morgan fingerprint density at radius 3 is 3.06 bits per heavy atom. The molecule has 0 radical (unpaired) electrons. The molecule has 0 spiro atoms. The molecule has 0 amide bonds. The fourth-order valence-electron chi connectivity index (χ4n) is 1.49. The molecule has 7 heteroatoms. The summed E-state index contributed by atoms with van der Waals surface area (Å²) in [5.41, 5.74) is 1.51. The van der Waals surface area contributed by atoms with Gasteiger partial charge in [0.25, 0.3) is 0 Å². The van der Waals surface area contributed by atoms with Crippen molar-refractivity contribution in [3.63, 3.8) is 0 Å². The summed E-state index contributed by atoms with van der Waals surface area (Å²) in [5, 5.41) is 3.78. The Labute approximate surface area is 101 Å². The zero-order valence-corrected chi connectivity index (χ0v) is 9.86. The number of rotatable bonds is 3. The van der Waals surface area contributed by atoms with Gasteiger partial charge in [-0.2, -0.15) is 4.98 Å². The highest BCUT2D eigenvalue weighted by atomic mass is 32.1. The van der Waals surface area contributed by atoms with Gasteiger partial charge in [0.05, 0.1) is 18.3 Å². The third-order valence-corrected chi connectivity index (χ3v) is 2.88. The molecule has 0 fully saturated rings. The number of nitrogens with zero attached hydrogens (tertiary/aromatic N) is 4. The highest BCUT2D eigenvalue weighted by Gasteiger charge is 2.09. The number of fused-ring (bicyclic) bond motifs is 1. The number of aromatic nitrogens is 5. The Morgan fingerprint density at radius 1 is 1.35 bits per heavy atom. The summed E-state index contributed by atoms with van der Waals surface area (Å²) in [6.07, 6.45) is 1.67. The molecule has 0 aliphatic heterocycles. The molecule has 0 aliphatic rings. The fourth-order valence-corrected chi connectivity index (χ4v) is 1.95. The van der Waals surface area contributed by atoms with E-state index in [-0.39, 0.29) is 0 Å². The molecule has 3 rings (SSSR count). The van der Waals surface area contributed by atoms with Crippen molar-refractivity contribution in [3.05, 3.63) is 18.3 Å². The quantitative estimate of drug-likeness (QED) is 0.764. The summed E-state index contributed by atoms with van der Waals surface area (Å²) in [6, 6.07) is 3.72. The van der Waals surface area contributed by atoms with E-state index < -0.39 is 0 Å². The van der Waals surface area contributed by atoms with Gasteiger partial charge >= 0.3 is 0 Å². The number of imidazole rings is 1. The van der Waals surface area contributed by atoms with Crippen molar-refractivity contribution in [3.8, 4) is 16.6 Å². The van der Waals surface area contributed by atoms with Crippen LogP contribution in [0.1, 0.15) is 6.92 Å². The molecule has 0 saturated heterocycles. The molecule has 6 nitrogen and oxygen atoms in total. The maximum absolute atomic E-state index is 5.33. The highest BCUT2D eigenvalue weighted by Crippen LogP contribution is 2.22. The average molecular weight is 247 g/mol. The molecule has 86 valence electrons. The zero-order valence-electron chi connectivity index (χ0n) is 9.04. The highest BCUT2D eigenvalue weighted by molar-refractivity contribution is 7.09. The number of pyridine rings is 1. The fraction of sp³-hybridized carbons (Fsp3) is 0.200. The second-order valence-electron chi connectivity index (χ2n) is 3.32. The van der Waals surface area contributed by atoms with Crippen LogP contribution in [0.15, 0.2) is 18.3 Å². The number of nitrogens with one attached hydrogen (secondary N) is 1. The third-order valence-electron chi connectivity index (χ3n) is 2.21. The van der Waals surface area contributed by atoms with Crippen molar-refractivity contribution in [2.45, 2.75) is 6.92 Å². The molecule has 17 heavy (non-hydrogen) atoms. The second kappa shape index (κ2) is 4.10. The van der Waals surface area contributed by atoms with E-state index in [2.05, 4.69) is 24.5 Å². The van der Waals surface area contributed by atoms with Gasteiger partial charge in [-0.25, -0.2) is 4.98 Å². The lowest BCUT2D eigenvalue weighted by Gasteiger charge is -1.99. The molecule has 3 heterocycles. The minimum absolute atomic E-state index is 0.584. The number of hydrogen-bond acceptors (Lipinski definition) is 6. The van der Waals surface area contributed by atoms with Crippen LogP contribution in [-0.2, 0) is 0 Å². The maximum atomic E-state index is 5.33. The van der Waals surface area contributed by atoms with Gasteiger partial charge in [0.1, 0.15) is 4.88 Å². The van der Waals surface area contributed by atoms with Gasteiger partial charge in [0.15, 0.2) is 11.5 Å². The second-order valence-corrected chi connectivity index (χ2v) is 4.11. The van der Waals surface area contributed by atoms with E-state index in [1.165, 1.54) is 11.5 Å². The van der Waals surface area contributed by atoms with Gasteiger partial charge in [-0.3, -0.25) is 0 Å². The lowest BCUT2D eigenvalue weighted by Crippen LogP contribution is -1.93. The van der Waals surface area contributed by atoms with Crippen LogP contribution in [0.3, 0.4) is 0 Å². The van der Waals surface area contributed by atoms with Crippen molar-refractivity contribution in [1.29, 1.82) is 0 Å². The summed E-state index contributed by atoms with van der Waals surface area (Å²) in [6.45, 7) is 2.51. The van der Waals surface area contributed by atoms with Crippen LogP contribution in [0.25, 0.3) is 21.9 Å². The number of H-pyrrole nitrogens is 1. The molecule has 0 unspecified atom stereocenters. The van der Waals surface area contributed by atoms with E-state index in [0.29, 0.717) is 18.1 Å². The third kappa shape index (κ3) is 1.84. The van der Waals surface area contributed by atoms with Gasteiger partial charge in [-0.1, -0.05) is 4.49 Å². The van der Waals surface area contributed by atoms with Crippen LogP contribution in [0, 0.1) is 0 Å². The molecule has 0 saturated carbocycles. The normalized spacial score (nSPS) is 10.9. The largest absolute Gasteiger partial charge is 0.478 e. The Morgan fingerprint density at radius 2 is 2.29 bits per heavy atom. The summed E-state index contributed by atoms with van der Waals surface area (Å²) < 4.78 is 9.13. The van der Waals surface area contributed by atoms with Crippen LogP contribution in [0.4, 0.5) is 0 Å². The van der Waals surface area contributed by atoms with E-state index in [4.69, 9.17) is 4.74 Å². The lowest BCUT2D eigenvalue weighted by atomic mass is 10.4. The minimum Gasteiger partial charge on any atom is -0.478 e. The molecule has 1 N–H and O–H groups in total. The van der Waals surface area contributed by atoms with Crippen LogP contribution < -0.4 is 4.74 Å². The molecule has 3 aromatic heterocycles. The van der Waals surface area contributed by atoms with Crippen molar-refractivity contribution >= 4 is 22.7 Å². The number of aromatic amines is 1. The summed E-state index contributed by atoms with van der Waals surface area (Å²) in [5.74, 6) is 1.32. The Bertz CT molecular complexity index is 633. The Hall–Kier alpha value is -2.02. The van der Waals surface area contributed by atoms with Crippen molar-refractivity contribution in [2.75, 3.05) is 6.61 Å². The van der Waals surface area contributed by atoms with Crippen molar-refractivity contribution < 1.29 is 4.74 Å². The summed E-state index contributed by atoms with van der Waals surface area (Å²) in [7, 11) is 0. The van der Waals surface area contributed by atoms with E-state index in [1.807, 2.05) is 19.1 Å². The van der Waals surface area contributed by atoms with Crippen LogP contribution >= 0.6 is 11.5 Å². The molecular weight excluding hydrogens is 238 g/mol. The predicted molar refractivity (Wildman–Crippen MR) is 64.0 cm³/mol. The van der Waals surface area contributed by atoms with Crippen LogP contribution in [0.2, 0.25) is 0 Å². The number of ether oxygens (including phenoxy) is 1. The first-order valence-corrected chi connectivity index (χ1v) is 5.91. The molecule has 0 aliphatic carbocycles. The molecule has 0 bridgehead atoms.